The van der Waals surface area contributed by atoms with Crippen LogP contribution in [-0.4, -0.2) is 73.4 Å². The molecule has 0 saturated carbocycles. The SMILES string of the molecule is O=S1(=O)CC2N=C(N3CCC4(CC3)OCCO4)SC2C1. The molecule has 2 unspecified atom stereocenters. The standard InChI is InChI=1S/C12H18N2O4S2/c15-20(16)7-9-10(8-20)19-11(13-9)14-3-1-12(2-4-14)17-5-6-18-12/h9-10H,1-8H2. The van der Waals surface area contributed by atoms with E-state index >= 15 is 0 Å². The lowest BCUT2D eigenvalue weighted by Crippen LogP contribution is -2.46. The van der Waals surface area contributed by atoms with Gasteiger partial charge in [0.25, 0.3) is 0 Å². The van der Waals surface area contributed by atoms with Gasteiger partial charge in [-0.2, -0.15) is 0 Å². The Hall–Kier alpha value is -0.310. The van der Waals surface area contributed by atoms with Crippen molar-refractivity contribution in [2.24, 2.45) is 4.99 Å². The largest absolute Gasteiger partial charge is 0.351 e. The lowest BCUT2D eigenvalue weighted by atomic mass is 10.0. The van der Waals surface area contributed by atoms with Crippen LogP contribution in [0.4, 0.5) is 0 Å². The van der Waals surface area contributed by atoms with Gasteiger partial charge in [0.1, 0.15) is 0 Å². The summed E-state index contributed by atoms with van der Waals surface area (Å²) >= 11 is 1.64. The molecule has 4 aliphatic heterocycles. The maximum absolute atomic E-state index is 11.6. The molecular formula is C12H18N2O4S2. The van der Waals surface area contributed by atoms with Crippen LogP contribution in [0.2, 0.25) is 0 Å². The van der Waals surface area contributed by atoms with Gasteiger partial charge < -0.3 is 14.4 Å². The van der Waals surface area contributed by atoms with Gasteiger partial charge in [-0.25, -0.2) is 8.42 Å². The third-order valence-corrected chi connectivity index (χ3v) is 7.70. The summed E-state index contributed by atoms with van der Waals surface area (Å²) in [5.74, 6) is 0.136. The number of thioether (sulfide) groups is 1. The highest BCUT2D eigenvalue weighted by molar-refractivity contribution is 8.15. The van der Waals surface area contributed by atoms with Gasteiger partial charge in [0, 0.05) is 31.2 Å². The van der Waals surface area contributed by atoms with Crippen LogP contribution >= 0.6 is 11.8 Å². The zero-order valence-corrected chi connectivity index (χ0v) is 12.8. The first-order valence-corrected chi connectivity index (χ1v) is 9.73. The predicted molar refractivity (Wildman–Crippen MR) is 76.7 cm³/mol. The number of sulfone groups is 1. The number of hydrogen-bond donors (Lipinski definition) is 0. The zero-order chi connectivity index (χ0) is 13.8. The number of ether oxygens (including phenoxy) is 2. The Bertz CT molecular complexity index is 532. The second kappa shape index (κ2) is 4.59. The van der Waals surface area contributed by atoms with Crippen LogP contribution in [0.25, 0.3) is 0 Å². The van der Waals surface area contributed by atoms with E-state index in [2.05, 4.69) is 9.89 Å². The summed E-state index contributed by atoms with van der Waals surface area (Å²) in [5.41, 5.74) is 0. The third-order valence-electron chi connectivity index (χ3n) is 4.41. The van der Waals surface area contributed by atoms with E-state index < -0.39 is 9.84 Å². The zero-order valence-electron chi connectivity index (χ0n) is 11.2. The van der Waals surface area contributed by atoms with Crippen molar-refractivity contribution in [1.82, 2.24) is 4.90 Å². The van der Waals surface area contributed by atoms with Crippen LogP contribution in [0, 0.1) is 0 Å². The van der Waals surface area contributed by atoms with Crippen LogP contribution < -0.4 is 0 Å². The fourth-order valence-electron chi connectivity index (χ4n) is 3.32. The molecule has 0 aliphatic carbocycles. The summed E-state index contributed by atoms with van der Waals surface area (Å²) in [7, 11) is -2.86. The summed E-state index contributed by atoms with van der Waals surface area (Å²) in [6.07, 6.45) is 1.72. The van der Waals surface area contributed by atoms with Crippen molar-refractivity contribution in [2.75, 3.05) is 37.8 Å². The lowest BCUT2D eigenvalue weighted by Gasteiger charge is -2.38. The normalized spacial score (nSPS) is 38.2. The summed E-state index contributed by atoms with van der Waals surface area (Å²) < 4.78 is 34.6. The topological polar surface area (TPSA) is 68.2 Å². The molecule has 0 aromatic carbocycles. The Kier molecular flexibility index (Phi) is 3.07. The second-order valence-electron chi connectivity index (χ2n) is 5.81. The number of rotatable bonds is 0. The van der Waals surface area contributed by atoms with Gasteiger partial charge in [0.2, 0.25) is 0 Å². The fraction of sp³-hybridized carbons (Fsp3) is 0.917. The van der Waals surface area contributed by atoms with Gasteiger partial charge in [0.15, 0.2) is 20.8 Å². The molecule has 0 amide bonds. The molecule has 0 N–H and O–H groups in total. The number of hydrogen-bond acceptors (Lipinski definition) is 7. The van der Waals surface area contributed by atoms with Crippen molar-refractivity contribution in [3.8, 4) is 0 Å². The number of likely N-dealkylation sites (tertiary alicyclic amines) is 1. The van der Waals surface area contributed by atoms with Gasteiger partial charge in [0.05, 0.1) is 30.8 Å². The molecule has 4 aliphatic rings. The fourth-order valence-corrected chi connectivity index (χ4v) is 7.13. The van der Waals surface area contributed by atoms with Crippen molar-refractivity contribution in [1.29, 1.82) is 0 Å². The summed E-state index contributed by atoms with van der Waals surface area (Å²) in [6, 6.07) is -0.0325. The van der Waals surface area contributed by atoms with Gasteiger partial charge in [-0.15, -0.1) is 0 Å². The van der Waals surface area contributed by atoms with Crippen LogP contribution in [0.5, 0.6) is 0 Å². The highest BCUT2D eigenvalue weighted by Crippen LogP contribution is 2.38. The first kappa shape index (κ1) is 13.4. The molecule has 6 nitrogen and oxygen atoms in total. The van der Waals surface area contributed by atoms with E-state index in [9.17, 15) is 8.42 Å². The molecular weight excluding hydrogens is 300 g/mol. The Labute approximate surface area is 122 Å². The second-order valence-corrected chi connectivity index (χ2v) is 9.17. The van der Waals surface area contributed by atoms with E-state index in [1.165, 1.54) is 0 Å². The maximum Gasteiger partial charge on any atom is 0.171 e. The monoisotopic (exact) mass is 318 g/mol. The Morgan fingerprint density at radius 3 is 2.55 bits per heavy atom. The van der Waals surface area contributed by atoms with Crippen LogP contribution in [0.3, 0.4) is 0 Å². The molecule has 4 heterocycles. The van der Waals surface area contributed by atoms with E-state index in [0.717, 1.165) is 31.1 Å². The molecule has 3 saturated heterocycles. The molecule has 20 heavy (non-hydrogen) atoms. The van der Waals surface area contributed by atoms with Crippen molar-refractivity contribution in [3.05, 3.63) is 0 Å². The number of fused-ring (bicyclic) bond motifs is 1. The average molecular weight is 318 g/mol. The van der Waals surface area contributed by atoms with Crippen LogP contribution in [0.15, 0.2) is 4.99 Å². The maximum atomic E-state index is 11.6. The van der Waals surface area contributed by atoms with Crippen molar-refractivity contribution < 1.29 is 17.9 Å². The quantitative estimate of drug-likeness (QED) is 0.631. The minimum atomic E-state index is -2.86. The first-order valence-electron chi connectivity index (χ1n) is 7.03. The Balaban J connectivity index is 1.41. The molecule has 3 fully saturated rings. The molecule has 112 valence electrons. The first-order chi connectivity index (χ1) is 9.55. The third kappa shape index (κ3) is 2.26. The van der Waals surface area contributed by atoms with Crippen LogP contribution in [-0.2, 0) is 19.3 Å². The molecule has 0 aromatic rings. The smallest absolute Gasteiger partial charge is 0.171 e. The number of aliphatic imine (C=N–C) groups is 1. The van der Waals surface area contributed by atoms with Crippen LogP contribution in [0.1, 0.15) is 12.8 Å². The van der Waals surface area contributed by atoms with Crippen molar-refractivity contribution >= 4 is 26.8 Å². The van der Waals surface area contributed by atoms with Crippen molar-refractivity contribution in [2.45, 2.75) is 29.9 Å². The van der Waals surface area contributed by atoms with E-state index in [4.69, 9.17) is 9.47 Å². The van der Waals surface area contributed by atoms with Gasteiger partial charge in [-0.1, -0.05) is 11.8 Å². The predicted octanol–water partition coefficient (Wildman–Crippen LogP) is 0.0937. The average Bonchev–Trinajstić information content (AvgIpc) is 3.04. The van der Waals surface area contributed by atoms with E-state index in [-0.39, 0.29) is 28.6 Å². The summed E-state index contributed by atoms with van der Waals surface area (Å²) in [6.45, 7) is 3.13. The Morgan fingerprint density at radius 2 is 1.90 bits per heavy atom. The number of nitrogens with zero attached hydrogens (tertiary/aromatic N) is 2. The van der Waals surface area contributed by atoms with E-state index in [1.54, 1.807) is 11.8 Å². The molecule has 1 spiro atoms. The molecule has 4 rings (SSSR count). The molecule has 0 aromatic heterocycles. The highest BCUT2D eigenvalue weighted by Gasteiger charge is 2.46. The lowest BCUT2D eigenvalue weighted by molar-refractivity contribution is -0.180. The van der Waals surface area contributed by atoms with Gasteiger partial charge in [-0.3, -0.25) is 4.99 Å². The number of piperidine rings is 1. The van der Waals surface area contributed by atoms with Gasteiger partial charge >= 0.3 is 0 Å². The summed E-state index contributed by atoms with van der Waals surface area (Å²) in [4.78, 5) is 6.88. The minimum Gasteiger partial charge on any atom is -0.351 e. The van der Waals surface area contributed by atoms with E-state index in [0.29, 0.717) is 13.2 Å². The molecule has 0 radical (unpaired) electrons. The van der Waals surface area contributed by atoms with E-state index in [1.807, 2.05) is 0 Å². The van der Waals surface area contributed by atoms with Crippen molar-refractivity contribution in [3.63, 3.8) is 0 Å². The molecule has 2 atom stereocenters. The highest BCUT2D eigenvalue weighted by atomic mass is 32.2. The molecule has 0 bridgehead atoms. The minimum absolute atomic E-state index is 0.0325. The Morgan fingerprint density at radius 1 is 1.20 bits per heavy atom. The number of amidine groups is 1. The molecule has 8 heteroatoms. The van der Waals surface area contributed by atoms with Gasteiger partial charge in [-0.05, 0) is 0 Å². The summed E-state index contributed by atoms with van der Waals surface area (Å²) in [5, 5.41) is 1.15.